The highest BCUT2D eigenvalue weighted by atomic mass is 16.6. The molecule has 26 heavy (non-hydrogen) atoms. The number of nitro benzene ring substituents is 1. The minimum atomic E-state index is -0.646. The molecule has 0 spiro atoms. The molecular formula is C20H15NO5. The van der Waals surface area contributed by atoms with Crippen LogP contribution in [0.3, 0.4) is 0 Å². The number of nitro groups is 1. The fourth-order valence-corrected chi connectivity index (χ4v) is 2.46. The molecule has 130 valence electrons. The standard InChI is InChI=1S/C20H15NO5/c1-25-20(22)16-9-12-19(18(13-16)21(23)24)26-17-10-7-15(8-11-17)14-5-3-2-4-6-14/h2-13H,1H3. The summed E-state index contributed by atoms with van der Waals surface area (Å²) in [5.74, 6) is -0.138. The smallest absolute Gasteiger partial charge is 0.338 e. The predicted octanol–water partition coefficient (Wildman–Crippen LogP) is 4.84. The molecule has 3 aromatic carbocycles. The van der Waals surface area contributed by atoms with Gasteiger partial charge in [-0.2, -0.15) is 0 Å². The highest BCUT2D eigenvalue weighted by Gasteiger charge is 2.19. The number of esters is 1. The van der Waals surface area contributed by atoms with Crippen LogP contribution >= 0.6 is 0 Å². The molecule has 0 heterocycles. The Morgan fingerprint density at radius 2 is 1.58 bits per heavy atom. The molecule has 0 N–H and O–H groups in total. The summed E-state index contributed by atoms with van der Waals surface area (Å²) in [5, 5.41) is 11.3. The third kappa shape index (κ3) is 3.70. The number of carbonyl (C=O) groups is 1. The van der Waals surface area contributed by atoms with Crippen LogP contribution in [0.25, 0.3) is 11.1 Å². The lowest BCUT2D eigenvalue weighted by atomic mass is 10.1. The van der Waals surface area contributed by atoms with Crippen LogP contribution in [0.5, 0.6) is 11.5 Å². The van der Waals surface area contributed by atoms with Crippen molar-refractivity contribution in [2.75, 3.05) is 7.11 Å². The van der Waals surface area contributed by atoms with E-state index in [1.165, 1.54) is 19.2 Å². The topological polar surface area (TPSA) is 78.7 Å². The largest absolute Gasteiger partial charge is 0.465 e. The van der Waals surface area contributed by atoms with Crippen LogP contribution in [-0.4, -0.2) is 18.0 Å². The molecule has 0 aliphatic heterocycles. The van der Waals surface area contributed by atoms with E-state index in [0.29, 0.717) is 5.75 Å². The van der Waals surface area contributed by atoms with Gasteiger partial charge in [-0.3, -0.25) is 10.1 Å². The Labute approximate surface area is 149 Å². The van der Waals surface area contributed by atoms with E-state index < -0.39 is 10.9 Å². The van der Waals surface area contributed by atoms with Gasteiger partial charge in [-0.25, -0.2) is 4.79 Å². The molecule has 0 aliphatic rings. The average molecular weight is 349 g/mol. The number of methoxy groups -OCH3 is 1. The molecule has 0 saturated heterocycles. The minimum Gasteiger partial charge on any atom is -0.465 e. The van der Waals surface area contributed by atoms with Crippen molar-refractivity contribution in [2.45, 2.75) is 0 Å². The number of benzene rings is 3. The van der Waals surface area contributed by atoms with Gasteiger partial charge in [0.2, 0.25) is 5.75 Å². The van der Waals surface area contributed by atoms with Crippen LogP contribution in [0.1, 0.15) is 10.4 Å². The van der Waals surface area contributed by atoms with Crippen molar-refractivity contribution < 1.29 is 19.2 Å². The molecule has 0 aromatic heterocycles. The quantitative estimate of drug-likeness (QED) is 0.374. The summed E-state index contributed by atoms with van der Waals surface area (Å²) in [5.41, 5.74) is 1.85. The zero-order valence-electron chi connectivity index (χ0n) is 13.9. The van der Waals surface area contributed by atoms with E-state index in [-0.39, 0.29) is 17.0 Å². The van der Waals surface area contributed by atoms with Gasteiger partial charge < -0.3 is 9.47 Å². The van der Waals surface area contributed by atoms with Crippen molar-refractivity contribution in [1.29, 1.82) is 0 Å². The summed E-state index contributed by atoms with van der Waals surface area (Å²) < 4.78 is 10.2. The zero-order chi connectivity index (χ0) is 18.5. The monoisotopic (exact) mass is 349 g/mol. The Kier molecular flexibility index (Phi) is 4.94. The molecule has 0 fully saturated rings. The molecule has 0 unspecified atom stereocenters. The van der Waals surface area contributed by atoms with Crippen LogP contribution in [0.4, 0.5) is 5.69 Å². The van der Waals surface area contributed by atoms with Crippen molar-refractivity contribution in [3.8, 4) is 22.6 Å². The molecule has 0 atom stereocenters. The summed E-state index contributed by atoms with van der Waals surface area (Å²) in [7, 11) is 1.22. The summed E-state index contributed by atoms with van der Waals surface area (Å²) >= 11 is 0. The molecule has 0 bridgehead atoms. The van der Waals surface area contributed by atoms with Gasteiger partial charge in [-0.15, -0.1) is 0 Å². The molecule has 0 saturated carbocycles. The number of nitrogens with zero attached hydrogens (tertiary/aromatic N) is 1. The second-order valence-electron chi connectivity index (χ2n) is 5.42. The molecule has 6 heteroatoms. The summed E-state index contributed by atoms with van der Waals surface area (Å²) in [6.07, 6.45) is 0. The van der Waals surface area contributed by atoms with Crippen LogP contribution in [0.15, 0.2) is 72.8 Å². The van der Waals surface area contributed by atoms with Gasteiger partial charge in [-0.1, -0.05) is 42.5 Å². The van der Waals surface area contributed by atoms with Crippen LogP contribution < -0.4 is 4.74 Å². The third-order valence-corrected chi connectivity index (χ3v) is 3.77. The summed E-state index contributed by atoms with van der Waals surface area (Å²) in [6.45, 7) is 0. The molecule has 3 rings (SSSR count). The second-order valence-corrected chi connectivity index (χ2v) is 5.42. The number of ether oxygens (including phenoxy) is 2. The fraction of sp³-hybridized carbons (Fsp3) is 0.0500. The third-order valence-electron chi connectivity index (χ3n) is 3.77. The maximum absolute atomic E-state index is 11.5. The van der Waals surface area contributed by atoms with E-state index >= 15 is 0 Å². The van der Waals surface area contributed by atoms with Crippen LogP contribution in [0, 0.1) is 10.1 Å². The predicted molar refractivity (Wildman–Crippen MR) is 96.4 cm³/mol. The summed E-state index contributed by atoms with van der Waals surface area (Å²) in [4.78, 5) is 22.2. The first kappa shape index (κ1) is 17.2. The first-order valence-corrected chi connectivity index (χ1v) is 7.78. The lowest BCUT2D eigenvalue weighted by Gasteiger charge is -2.08. The molecule has 0 aliphatic carbocycles. The summed E-state index contributed by atoms with van der Waals surface area (Å²) in [6, 6.07) is 21.0. The van der Waals surface area contributed by atoms with Gasteiger partial charge in [0, 0.05) is 6.07 Å². The first-order valence-electron chi connectivity index (χ1n) is 7.78. The van der Waals surface area contributed by atoms with Gasteiger partial charge in [0.15, 0.2) is 0 Å². The Hall–Kier alpha value is -3.67. The first-order chi connectivity index (χ1) is 12.6. The van der Waals surface area contributed by atoms with E-state index in [9.17, 15) is 14.9 Å². The lowest BCUT2D eigenvalue weighted by molar-refractivity contribution is -0.385. The van der Waals surface area contributed by atoms with E-state index in [1.54, 1.807) is 12.1 Å². The zero-order valence-corrected chi connectivity index (χ0v) is 13.9. The van der Waals surface area contributed by atoms with Crippen molar-refractivity contribution in [2.24, 2.45) is 0 Å². The lowest BCUT2D eigenvalue weighted by Crippen LogP contribution is -2.03. The Morgan fingerprint density at radius 1 is 0.923 bits per heavy atom. The van der Waals surface area contributed by atoms with Crippen molar-refractivity contribution in [3.05, 3.63) is 88.5 Å². The fourth-order valence-electron chi connectivity index (χ4n) is 2.46. The van der Waals surface area contributed by atoms with Crippen molar-refractivity contribution in [1.82, 2.24) is 0 Å². The van der Waals surface area contributed by atoms with Gasteiger partial charge in [0.05, 0.1) is 17.6 Å². The van der Waals surface area contributed by atoms with E-state index in [4.69, 9.17) is 4.74 Å². The van der Waals surface area contributed by atoms with E-state index in [0.717, 1.165) is 17.2 Å². The average Bonchev–Trinajstić information content (AvgIpc) is 2.68. The molecular weight excluding hydrogens is 334 g/mol. The van der Waals surface area contributed by atoms with E-state index in [1.807, 2.05) is 42.5 Å². The number of carbonyl (C=O) groups excluding carboxylic acids is 1. The number of hydrogen-bond acceptors (Lipinski definition) is 5. The molecule has 6 nitrogen and oxygen atoms in total. The second kappa shape index (κ2) is 7.48. The molecule has 0 amide bonds. The van der Waals surface area contributed by atoms with Crippen molar-refractivity contribution in [3.63, 3.8) is 0 Å². The Bertz CT molecular complexity index is 936. The number of rotatable bonds is 5. The number of hydrogen-bond donors (Lipinski definition) is 0. The molecule has 0 radical (unpaired) electrons. The Morgan fingerprint density at radius 3 is 2.19 bits per heavy atom. The highest BCUT2D eigenvalue weighted by molar-refractivity contribution is 5.90. The van der Waals surface area contributed by atoms with Gasteiger partial charge in [0.1, 0.15) is 5.75 Å². The SMILES string of the molecule is COC(=O)c1ccc(Oc2ccc(-c3ccccc3)cc2)c([N+](=O)[O-])c1. The normalized spacial score (nSPS) is 10.2. The van der Waals surface area contributed by atoms with Gasteiger partial charge >= 0.3 is 11.7 Å². The molecule has 3 aromatic rings. The van der Waals surface area contributed by atoms with Crippen LogP contribution in [-0.2, 0) is 4.74 Å². The highest BCUT2D eigenvalue weighted by Crippen LogP contribution is 2.33. The van der Waals surface area contributed by atoms with Gasteiger partial charge in [-0.05, 0) is 35.4 Å². The minimum absolute atomic E-state index is 0.0510. The Balaban J connectivity index is 1.86. The van der Waals surface area contributed by atoms with Crippen molar-refractivity contribution >= 4 is 11.7 Å². The maximum atomic E-state index is 11.5. The van der Waals surface area contributed by atoms with Gasteiger partial charge in [0.25, 0.3) is 0 Å². The van der Waals surface area contributed by atoms with E-state index in [2.05, 4.69) is 4.74 Å². The van der Waals surface area contributed by atoms with Crippen LogP contribution in [0.2, 0.25) is 0 Å². The maximum Gasteiger partial charge on any atom is 0.338 e.